The van der Waals surface area contributed by atoms with Crippen LogP contribution in [0.3, 0.4) is 0 Å². The molecular formula is C13H20N4O2S. The molecule has 7 heteroatoms. The Morgan fingerprint density at radius 3 is 3.00 bits per heavy atom. The maximum absolute atomic E-state index is 12.3. The molecule has 110 valence electrons. The van der Waals surface area contributed by atoms with Gasteiger partial charge < -0.3 is 15.2 Å². The maximum atomic E-state index is 12.3. The molecule has 1 amide bonds. The molecule has 1 aliphatic carbocycles. The van der Waals surface area contributed by atoms with E-state index in [0.717, 1.165) is 37.3 Å². The first-order chi connectivity index (χ1) is 9.68. The van der Waals surface area contributed by atoms with Crippen LogP contribution in [0.15, 0.2) is 4.52 Å². The van der Waals surface area contributed by atoms with Gasteiger partial charge in [0.1, 0.15) is 5.54 Å². The maximum Gasteiger partial charge on any atom is 0.223 e. The summed E-state index contributed by atoms with van der Waals surface area (Å²) in [5, 5.41) is 10.5. The highest BCUT2D eigenvalue weighted by atomic mass is 32.2. The molecule has 1 aromatic heterocycles. The van der Waals surface area contributed by atoms with Crippen molar-refractivity contribution in [3.05, 3.63) is 11.7 Å². The van der Waals surface area contributed by atoms with Crippen molar-refractivity contribution in [1.29, 1.82) is 0 Å². The van der Waals surface area contributed by atoms with Crippen molar-refractivity contribution in [2.24, 2.45) is 0 Å². The number of carbonyl (C=O) groups is 1. The van der Waals surface area contributed by atoms with Gasteiger partial charge >= 0.3 is 0 Å². The van der Waals surface area contributed by atoms with E-state index in [-0.39, 0.29) is 11.9 Å². The van der Waals surface area contributed by atoms with E-state index in [1.165, 1.54) is 0 Å². The third-order valence-electron chi connectivity index (χ3n) is 3.97. The highest BCUT2D eigenvalue weighted by Gasteiger charge is 2.44. The number of carbonyl (C=O) groups excluding carboxylic acids is 1. The first-order valence-corrected chi connectivity index (χ1v) is 8.26. The monoisotopic (exact) mass is 296 g/mol. The minimum absolute atomic E-state index is 0.0761. The number of amides is 1. The summed E-state index contributed by atoms with van der Waals surface area (Å²) < 4.78 is 5.05. The van der Waals surface area contributed by atoms with Gasteiger partial charge in [0.05, 0.1) is 0 Å². The average Bonchev–Trinajstić information content (AvgIpc) is 2.82. The van der Waals surface area contributed by atoms with Crippen molar-refractivity contribution >= 4 is 17.7 Å². The number of rotatable bonds is 4. The van der Waals surface area contributed by atoms with E-state index in [9.17, 15) is 4.79 Å². The summed E-state index contributed by atoms with van der Waals surface area (Å²) in [5.74, 6) is 3.38. The summed E-state index contributed by atoms with van der Waals surface area (Å²) in [5.41, 5.74) is -0.392. The number of aryl methyl sites for hydroxylation is 1. The zero-order valence-corrected chi connectivity index (χ0v) is 12.5. The van der Waals surface area contributed by atoms with Crippen LogP contribution in [0.1, 0.15) is 37.4 Å². The topological polar surface area (TPSA) is 80.0 Å². The lowest BCUT2D eigenvalue weighted by atomic mass is 9.76. The SMILES string of the molecule is Cc1nc(C2(NC(=O)C[C@@H]3CSCCN3)CCC2)no1. The van der Waals surface area contributed by atoms with Crippen LogP contribution in [0, 0.1) is 6.92 Å². The number of aromatic nitrogens is 2. The fourth-order valence-electron chi connectivity index (χ4n) is 2.72. The van der Waals surface area contributed by atoms with Crippen molar-refractivity contribution in [3.8, 4) is 0 Å². The van der Waals surface area contributed by atoms with Gasteiger partial charge in [0.2, 0.25) is 11.8 Å². The van der Waals surface area contributed by atoms with Crippen molar-refractivity contribution < 1.29 is 9.32 Å². The van der Waals surface area contributed by atoms with Crippen LogP contribution in [0.4, 0.5) is 0 Å². The largest absolute Gasteiger partial charge is 0.343 e. The van der Waals surface area contributed by atoms with E-state index in [4.69, 9.17) is 4.52 Å². The molecule has 3 rings (SSSR count). The Hall–Kier alpha value is -1.08. The summed E-state index contributed by atoms with van der Waals surface area (Å²) >= 11 is 1.90. The molecule has 1 saturated carbocycles. The summed E-state index contributed by atoms with van der Waals surface area (Å²) in [7, 11) is 0. The zero-order chi connectivity index (χ0) is 14.0. The average molecular weight is 296 g/mol. The number of hydrogen-bond donors (Lipinski definition) is 2. The summed E-state index contributed by atoms with van der Waals surface area (Å²) in [6.07, 6.45) is 3.39. The van der Waals surface area contributed by atoms with Gasteiger partial charge in [0, 0.05) is 37.4 Å². The molecule has 0 unspecified atom stereocenters. The molecule has 1 atom stereocenters. The second kappa shape index (κ2) is 5.73. The molecule has 2 N–H and O–H groups in total. The Morgan fingerprint density at radius 2 is 2.45 bits per heavy atom. The summed E-state index contributed by atoms with van der Waals surface area (Å²) in [4.78, 5) is 16.5. The van der Waals surface area contributed by atoms with E-state index in [0.29, 0.717) is 18.1 Å². The van der Waals surface area contributed by atoms with Crippen LogP contribution in [0.5, 0.6) is 0 Å². The van der Waals surface area contributed by atoms with Crippen LogP contribution in [0.2, 0.25) is 0 Å². The highest BCUT2D eigenvalue weighted by molar-refractivity contribution is 7.99. The van der Waals surface area contributed by atoms with Gasteiger partial charge in [-0.3, -0.25) is 4.79 Å². The van der Waals surface area contributed by atoms with Crippen molar-refractivity contribution in [2.45, 2.75) is 44.2 Å². The molecule has 2 fully saturated rings. The van der Waals surface area contributed by atoms with E-state index < -0.39 is 5.54 Å². The predicted octanol–water partition coefficient (Wildman–Crippen LogP) is 0.969. The van der Waals surface area contributed by atoms with Gasteiger partial charge in [0.15, 0.2) is 5.82 Å². The van der Waals surface area contributed by atoms with Gasteiger partial charge in [-0.2, -0.15) is 16.7 Å². The third kappa shape index (κ3) is 2.83. The van der Waals surface area contributed by atoms with Gasteiger partial charge in [-0.15, -0.1) is 0 Å². The molecule has 0 aromatic carbocycles. The lowest BCUT2D eigenvalue weighted by Crippen LogP contribution is -2.53. The van der Waals surface area contributed by atoms with Crippen molar-refractivity contribution in [2.75, 3.05) is 18.1 Å². The lowest BCUT2D eigenvalue weighted by Gasteiger charge is -2.40. The standard InChI is InChI=1S/C13H20N4O2S/c1-9-15-12(17-19-9)13(3-2-4-13)16-11(18)7-10-8-20-6-5-14-10/h10,14H,2-8H2,1H3,(H,16,18)/t10-/m1/s1. The summed E-state index contributed by atoms with van der Waals surface area (Å²) in [6.45, 7) is 2.76. The zero-order valence-electron chi connectivity index (χ0n) is 11.6. The fourth-order valence-corrected chi connectivity index (χ4v) is 3.67. The lowest BCUT2D eigenvalue weighted by molar-refractivity contribution is -0.125. The molecule has 1 saturated heterocycles. The summed E-state index contributed by atoms with van der Waals surface area (Å²) in [6, 6.07) is 0.276. The first kappa shape index (κ1) is 13.9. The Balaban J connectivity index is 1.61. The Labute approximate surface area is 122 Å². The Kier molecular flexibility index (Phi) is 3.98. The smallest absolute Gasteiger partial charge is 0.223 e. The molecule has 0 spiro atoms. The molecule has 20 heavy (non-hydrogen) atoms. The van der Waals surface area contributed by atoms with Gasteiger partial charge in [-0.1, -0.05) is 5.16 Å². The van der Waals surface area contributed by atoms with E-state index >= 15 is 0 Å². The van der Waals surface area contributed by atoms with Crippen molar-refractivity contribution in [3.63, 3.8) is 0 Å². The van der Waals surface area contributed by atoms with Crippen LogP contribution in [0.25, 0.3) is 0 Å². The second-order valence-electron chi connectivity index (χ2n) is 5.55. The van der Waals surface area contributed by atoms with Crippen LogP contribution in [-0.4, -0.2) is 40.1 Å². The molecule has 2 heterocycles. The van der Waals surface area contributed by atoms with Crippen LogP contribution < -0.4 is 10.6 Å². The van der Waals surface area contributed by atoms with Crippen LogP contribution >= 0.6 is 11.8 Å². The van der Waals surface area contributed by atoms with Gasteiger partial charge in [-0.25, -0.2) is 0 Å². The van der Waals surface area contributed by atoms with E-state index in [1.54, 1.807) is 6.92 Å². The molecule has 1 aromatic rings. The van der Waals surface area contributed by atoms with Crippen molar-refractivity contribution in [1.82, 2.24) is 20.8 Å². The fraction of sp³-hybridized carbons (Fsp3) is 0.769. The quantitative estimate of drug-likeness (QED) is 0.862. The van der Waals surface area contributed by atoms with E-state index in [2.05, 4.69) is 20.8 Å². The van der Waals surface area contributed by atoms with Crippen LogP contribution in [-0.2, 0) is 10.3 Å². The third-order valence-corrected chi connectivity index (χ3v) is 5.10. The van der Waals surface area contributed by atoms with E-state index in [1.807, 2.05) is 11.8 Å². The number of thioether (sulfide) groups is 1. The molecule has 0 radical (unpaired) electrons. The minimum atomic E-state index is -0.392. The highest BCUT2D eigenvalue weighted by Crippen LogP contribution is 2.39. The van der Waals surface area contributed by atoms with Gasteiger partial charge in [0.25, 0.3) is 0 Å². The normalized spacial score (nSPS) is 24.9. The molecule has 2 aliphatic rings. The molecule has 1 aliphatic heterocycles. The van der Waals surface area contributed by atoms with Gasteiger partial charge in [-0.05, 0) is 19.3 Å². The Morgan fingerprint density at radius 1 is 1.60 bits per heavy atom. The predicted molar refractivity (Wildman–Crippen MR) is 76.4 cm³/mol. The first-order valence-electron chi connectivity index (χ1n) is 7.11. The Bertz CT molecular complexity index is 480. The number of nitrogens with one attached hydrogen (secondary N) is 2. The second-order valence-corrected chi connectivity index (χ2v) is 6.70. The number of nitrogens with zero attached hydrogens (tertiary/aromatic N) is 2. The number of hydrogen-bond acceptors (Lipinski definition) is 6. The molecule has 0 bridgehead atoms. The molecular weight excluding hydrogens is 276 g/mol. The minimum Gasteiger partial charge on any atom is -0.343 e. The molecule has 6 nitrogen and oxygen atoms in total.